The molecule has 0 aromatic carbocycles. The lowest BCUT2D eigenvalue weighted by atomic mass is 9.70. The van der Waals surface area contributed by atoms with Crippen LogP contribution >= 0.6 is 0 Å². The molecule has 18 heavy (non-hydrogen) atoms. The monoisotopic (exact) mass is 252 g/mol. The lowest BCUT2D eigenvalue weighted by molar-refractivity contribution is 0.122. The van der Waals surface area contributed by atoms with Crippen molar-refractivity contribution < 1.29 is 0 Å². The van der Waals surface area contributed by atoms with Gasteiger partial charge < -0.3 is 10.6 Å². The number of hydrogen-bond donors (Lipinski definition) is 1. The average molecular weight is 252 g/mol. The summed E-state index contributed by atoms with van der Waals surface area (Å²) >= 11 is 0. The highest BCUT2D eigenvalue weighted by molar-refractivity contribution is 4.90. The first-order valence-corrected chi connectivity index (χ1v) is 7.85. The smallest absolute Gasteiger partial charge is 0.00797 e. The minimum atomic E-state index is 0.441. The Labute approximate surface area is 113 Å². The molecular weight excluding hydrogens is 220 g/mol. The van der Waals surface area contributed by atoms with Gasteiger partial charge >= 0.3 is 0 Å². The van der Waals surface area contributed by atoms with E-state index in [0.717, 1.165) is 17.8 Å². The molecular formula is C16H32N2. The second-order valence-corrected chi connectivity index (χ2v) is 7.88. The Morgan fingerprint density at radius 3 is 2.61 bits per heavy atom. The predicted molar refractivity (Wildman–Crippen MR) is 78.5 cm³/mol. The molecule has 2 heteroatoms. The van der Waals surface area contributed by atoms with E-state index in [1.807, 2.05) is 0 Å². The zero-order valence-corrected chi connectivity index (χ0v) is 12.8. The van der Waals surface area contributed by atoms with Crippen LogP contribution < -0.4 is 5.73 Å². The third-order valence-electron chi connectivity index (χ3n) is 5.32. The summed E-state index contributed by atoms with van der Waals surface area (Å²) in [5.74, 6) is 2.48. The summed E-state index contributed by atoms with van der Waals surface area (Å²) in [6, 6.07) is 0.441. The molecule has 0 amide bonds. The number of rotatable bonds is 3. The molecule has 1 aliphatic carbocycles. The number of nitrogens with zero attached hydrogens (tertiary/aromatic N) is 1. The lowest BCUT2D eigenvalue weighted by Crippen LogP contribution is -2.44. The first-order valence-electron chi connectivity index (χ1n) is 7.85. The molecule has 1 aliphatic heterocycles. The van der Waals surface area contributed by atoms with Crippen LogP contribution in [-0.2, 0) is 0 Å². The summed E-state index contributed by atoms with van der Waals surface area (Å²) in [6.07, 6.45) is 5.23. The maximum atomic E-state index is 6.35. The second-order valence-electron chi connectivity index (χ2n) is 7.88. The maximum absolute atomic E-state index is 6.35. The highest BCUT2D eigenvalue weighted by atomic mass is 15.1. The first kappa shape index (κ1) is 14.3. The van der Waals surface area contributed by atoms with Gasteiger partial charge in [0.2, 0.25) is 0 Å². The number of likely N-dealkylation sites (tertiary alicyclic amines) is 1. The third-order valence-corrected chi connectivity index (χ3v) is 5.32. The Morgan fingerprint density at radius 1 is 1.28 bits per heavy atom. The van der Waals surface area contributed by atoms with E-state index in [0.29, 0.717) is 11.5 Å². The van der Waals surface area contributed by atoms with E-state index < -0.39 is 0 Å². The molecule has 106 valence electrons. The van der Waals surface area contributed by atoms with E-state index in [4.69, 9.17) is 5.73 Å². The molecule has 3 atom stereocenters. The summed E-state index contributed by atoms with van der Waals surface area (Å²) in [5, 5.41) is 0. The van der Waals surface area contributed by atoms with Crippen LogP contribution in [0.15, 0.2) is 0 Å². The molecule has 1 saturated carbocycles. The van der Waals surface area contributed by atoms with Crippen LogP contribution in [0.2, 0.25) is 0 Å². The van der Waals surface area contributed by atoms with Gasteiger partial charge in [-0.3, -0.25) is 0 Å². The van der Waals surface area contributed by atoms with Crippen molar-refractivity contribution in [2.45, 2.75) is 59.4 Å². The molecule has 1 heterocycles. The molecule has 2 aliphatic rings. The first-order chi connectivity index (χ1) is 8.37. The Hall–Kier alpha value is -0.0800. The highest BCUT2D eigenvalue weighted by Crippen LogP contribution is 2.39. The molecule has 0 aromatic rings. The molecule has 0 radical (unpaired) electrons. The van der Waals surface area contributed by atoms with Gasteiger partial charge in [0.25, 0.3) is 0 Å². The fourth-order valence-corrected chi connectivity index (χ4v) is 3.86. The van der Waals surface area contributed by atoms with Crippen molar-refractivity contribution in [1.82, 2.24) is 4.90 Å². The molecule has 3 unspecified atom stereocenters. The summed E-state index contributed by atoms with van der Waals surface area (Å²) in [7, 11) is 0. The summed E-state index contributed by atoms with van der Waals surface area (Å²) in [6.45, 7) is 13.4. The van der Waals surface area contributed by atoms with E-state index in [1.54, 1.807) is 0 Å². The lowest BCUT2D eigenvalue weighted by Gasteiger charge is -2.40. The van der Waals surface area contributed by atoms with Crippen molar-refractivity contribution in [3.63, 3.8) is 0 Å². The fraction of sp³-hybridized carbons (Fsp3) is 1.00. The molecule has 0 aromatic heterocycles. The molecule has 2 nitrogen and oxygen atoms in total. The zero-order valence-electron chi connectivity index (χ0n) is 12.8. The minimum absolute atomic E-state index is 0.441. The quantitative estimate of drug-likeness (QED) is 0.836. The van der Waals surface area contributed by atoms with Gasteiger partial charge in [0.15, 0.2) is 0 Å². The summed E-state index contributed by atoms with van der Waals surface area (Å²) in [4.78, 5) is 2.68. The van der Waals surface area contributed by atoms with Crippen LogP contribution in [0.1, 0.15) is 53.4 Å². The Morgan fingerprint density at radius 2 is 2.00 bits per heavy atom. The van der Waals surface area contributed by atoms with Crippen molar-refractivity contribution in [2.75, 3.05) is 19.6 Å². The molecule has 2 rings (SSSR count). The summed E-state index contributed by atoms with van der Waals surface area (Å²) in [5.41, 5.74) is 6.86. The van der Waals surface area contributed by atoms with E-state index in [2.05, 4.69) is 32.6 Å². The minimum Gasteiger partial charge on any atom is -0.327 e. The van der Waals surface area contributed by atoms with E-state index in [-0.39, 0.29) is 0 Å². The van der Waals surface area contributed by atoms with E-state index >= 15 is 0 Å². The zero-order chi connectivity index (χ0) is 13.3. The van der Waals surface area contributed by atoms with Gasteiger partial charge in [-0.25, -0.2) is 0 Å². The normalized spacial score (nSPS) is 37.3. The van der Waals surface area contributed by atoms with Crippen LogP contribution in [0.25, 0.3) is 0 Å². The Kier molecular flexibility index (Phi) is 4.38. The molecule has 0 spiro atoms. The maximum Gasteiger partial charge on any atom is 0.00797 e. The molecule has 0 bridgehead atoms. The van der Waals surface area contributed by atoms with Crippen molar-refractivity contribution in [3.8, 4) is 0 Å². The van der Waals surface area contributed by atoms with Crippen LogP contribution in [0.4, 0.5) is 0 Å². The van der Waals surface area contributed by atoms with Gasteiger partial charge in [0, 0.05) is 19.1 Å². The molecule has 2 fully saturated rings. The van der Waals surface area contributed by atoms with E-state index in [9.17, 15) is 0 Å². The molecule has 2 N–H and O–H groups in total. The van der Waals surface area contributed by atoms with Crippen LogP contribution in [0.5, 0.6) is 0 Å². The van der Waals surface area contributed by atoms with Gasteiger partial charge in [-0.2, -0.15) is 0 Å². The molecule has 1 saturated heterocycles. The van der Waals surface area contributed by atoms with Gasteiger partial charge in [-0.1, -0.05) is 27.7 Å². The highest BCUT2D eigenvalue weighted by Gasteiger charge is 2.35. The summed E-state index contributed by atoms with van der Waals surface area (Å²) < 4.78 is 0. The average Bonchev–Trinajstić information content (AvgIpc) is 2.72. The van der Waals surface area contributed by atoms with Gasteiger partial charge in [0.05, 0.1) is 0 Å². The predicted octanol–water partition coefficient (Wildman–Crippen LogP) is 3.12. The van der Waals surface area contributed by atoms with Gasteiger partial charge in [0.1, 0.15) is 0 Å². The van der Waals surface area contributed by atoms with Crippen LogP contribution in [0.3, 0.4) is 0 Å². The van der Waals surface area contributed by atoms with Gasteiger partial charge in [-0.05, 0) is 55.4 Å². The third kappa shape index (κ3) is 3.48. The largest absolute Gasteiger partial charge is 0.327 e. The number of hydrogen-bond acceptors (Lipinski definition) is 2. The SMILES string of the molecule is CC(C)C1CCN(CC2CC(C)(C)CCC2N)C1. The standard InChI is InChI=1S/C16H32N2/c1-12(2)13-6-8-18(10-13)11-14-9-16(3,4)7-5-15(14)17/h12-15H,5-11,17H2,1-4H3. The Balaban J connectivity index is 1.85. The van der Waals surface area contributed by atoms with Gasteiger partial charge in [-0.15, -0.1) is 0 Å². The fourth-order valence-electron chi connectivity index (χ4n) is 3.86. The second kappa shape index (κ2) is 5.50. The van der Waals surface area contributed by atoms with E-state index in [1.165, 1.54) is 45.3 Å². The van der Waals surface area contributed by atoms with Crippen LogP contribution in [0, 0.1) is 23.2 Å². The van der Waals surface area contributed by atoms with Crippen molar-refractivity contribution >= 4 is 0 Å². The Bertz CT molecular complexity index is 272. The van der Waals surface area contributed by atoms with Crippen molar-refractivity contribution in [3.05, 3.63) is 0 Å². The number of nitrogens with two attached hydrogens (primary N) is 1. The van der Waals surface area contributed by atoms with Crippen molar-refractivity contribution in [1.29, 1.82) is 0 Å². The van der Waals surface area contributed by atoms with Crippen LogP contribution in [-0.4, -0.2) is 30.6 Å². The topological polar surface area (TPSA) is 29.3 Å². The van der Waals surface area contributed by atoms with Crippen molar-refractivity contribution in [2.24, 2.45) is 28.9 Å².